The van der Waals surface area contributed by atoms with Gasteiger partial charge in [0.15, 0.2) is 5.82 Å². The fourth-order valence-electron chi connectivity index (χ4n) is 1.77. The molecule has 0 aliphatic rings. The molecular weight excluding hydrogens is 230 g/mol. The Morgan fingerprint density at radius 3 is 3.00 bits per heavy atom. The van der Waals surface area contributed by atoms with Crippen molar-refractivity contribution in [1.82, 2.24) is 20.0 Å². The topological polar surface area (TPSA) is 79.7 Å². The molecule has 6 heteroatoms. The van der Waals surface area contributed by atoms with Crippen LogP contribution in [0.3, 0.4) is 0 Å². The van der Waals surface area contributed by atoms with E-state index in [4.69, 9.17) is 5.26 Å². The molecule has 0 fully saturated rings. The van der Waals surface area contributed by atoms with E-state index in [1.54, 1.807) is 0 Å². The largest absolute Gasteiger partial charge is 0.343 e. The summed E-state index contributed by atoms with van der Waals surface area (Å²) in [6.07, 6.45) is 2.06. The van der Waals surface area contributed by atoms with E-state index in [1.165, 1.54) is 6.39 Å². The molecule has 0 unspecified atom stereocenters. The zero-order chi connectivity index (χ0) is 13.0. The van der Waals surface area contributed by atoms with E-state index in [-0.39, 0.29) is 0 Å². The SMILES string of the molecule is Cc1c(CNCCc2ncon2)cc(C#N)n1C. The maximum atomic E-state index is 8.93. The van der Waals surface area contributed by atoms with Crippen LogP contribution in [-0.2, 0) is 20.0 Å². The molecule has 0 radical (unpaired) electrons. The van der Waals surface area contributed by atoms with Crippen molar-refractivity contribution in [3.05, 3.63) is 35.2 Å². The Morgan fingerprint density at radius 2 is 2.39 bits per heavy atom. The Bertz CT molecular complexity index is 550. The molecule has 6 nitrogen and oxygen atoms in total. The zero-order valence-corrected chi connectivity index (χ0v) is 10.5. The minimum atomic E-state index is 0.683. The number of rotatable bonds is 5. The van der Waals surface area contributed by atoms with Crippen molar-refractivity contribution in [3.63, 3.8) is 0 Å². The van der Waals surface area contributed by atoms with Gasteiger partial charge in [-0.05, 0) is 18.6 Å². The highest BCUT2D eigenvalue weighted by molar-refractivity contribution is 5.33. The number of aromatic nitrogens is 3. The maximum absolute atomic E-state index is 8.93. The molecule has 2 aromatic heterocycles. The van der Waals surface area contributed by atoms with Crippen LogP contribution in [-0.4, -0.2) is 21.3 Å². The normalized spacial score (nSPS) is 10.5. The van der Waals surface area contributed by atoms with E-state index >= 15 is 0 Å². The predicted molar refractivity (Wildman–Crippen MR) is 64.6 cm³/mol. The van der Waals surface area contributed by atoms with Crippen molar-refractivity contribution < 1.29 is 4.52 Å². The fraction of sp³-hybridized carbons (Fsp3) is 0.417. The smallest absolute Gasteiger partial charge is 0.213 e. The van der Waals surface area contributed by atoms with Gasteiger partial charge in [-0.3, -0.25) is 0 Å². The van der Waals surface area contributed by atoms with E-state index in [9.17, 15) is 0 Å². The first-order valence-corrected chi connectivity index (χ1v) is 5.73. The summed E-state index contributed by atoms with van der Waals surface area (Å²) in [7, 11) is 1.90. The van der Waals surface area contributed by atoms with Gasteiger partial charge in [-0.15, -0.1) is 0 Å². The average molecular weight is 245 g/mol. The molecule has 2 aromatic rings. The molecule has 2 rings (SSSR count). The summed E-state index contributed by atoms with van der Waals surface area (Å²) in [4.78, 5) is 3.94. The Morgan fingerprint density at radius 1 is 1.56 bits per heavy atom. The van der Waals surface area contributed by atoms with Gasteiger partial charge in [0.1, 0.15) is 11.8 Å². The van der Waals surface area contributed by atoms with Gasteiger partial charge in [0.2, 0.25) is 6.39 Å². The van der Waals surface area contributed by atoms with Crippen LogP contribution in [0.4, 0.5) is 0 Å². The van der Waals surface area contributed by atoms with E-state index in [2.05, 4.69) is 26.0 Å². The summed E-state index contributed by atoms with van der Waals surface area (Å²) in [5, 5.41) is 16.0. The third kappa shape index (κ3) is 2.57. The van der Waals surface area contributed by atoms with Crippen molar-refractivity contribution in [3.8, 4) is 6.07 Å². The molecule has 0 saturated heterocycles. The molecule has 0 bridgehead atoms. The highest BCUT2D eigenvalue weighted by Gasteiger charge is 2.07. The summed E-state index contributed by atoms with van der Waals surface area (Å²) in [6.45, 7) is 3.52. The Kier molecular flexibility index (Phi) is 3.75. The second-order valence-electron chi connectivity index (χ2n) is 4.09. The molecule has 0 aromatic carbocycles. The Labute approximate surface area is 105 Å². The monoisotopic (exact) mass is 245 g/mol. The molecule has 0 atom stereocenters. The second kappa shape index (κ2) is 5.47. The molecular formula is C12H15N5O. The number of hydrogen-bond donors (Lipinski definition) is 1. The fourth-order valence-corrected chi connectivity index (χ4v) is 1.77. The highest BCUT2D eigenvalue weighted by atomic mass is 16.5. The van der Waals surface area contributed by atoms with Gasteiger partial charge in [0.05, 0.1) is 0 Å². The summed E-state index contributed by atoms with van der Waals surface area (Å²) in [5.74, 6) is 0.699. The van der Waals surface area contributed by atoms with Gasteiger partial charge in [-0.25, -0.2) is 0 Å². The number of nitrogens with one attached hydrogen (secondary N) is 1. The van der Waals surface area contributed by atoms with Crippen molar-refractivity contribution in [1.29, 1.82) is 5.26 Å². The first-order chi connectivity index (χ1) is 8.72. The standard InChI is InChI=1S/C12H15N5O/c1-9-10(5-11(6-13)17(9)2)7-14-4-3-12-15-8-18-16-12/h5,8,14H,3-4,7H2,1-2H3. The maximum Gasteiger partial charge on any atom is 0.213 e. The third-order valence-corrected chi connectivity index (χ3v) is 3.00. The lowest BCUT2D eigenvalue weighted by atomic mass is 10.2. The molecule has 0 aliphatic heterocycles. The summed E-state index contributed by atoms with van der Waals surface area (Å²) < 4.78 is 6.55. The lowest BCUT2D eigenvalue weighted by Crippen LogP contribution is -2.17. The first kappa shape index (κ1) is 12.3. The molecule has 0 spiro atoms. The molecule has 0 saturated carbocycles. The highest BCUT2D eigenvalue weighted by Crippen LogP contribution is 2.12. The van der Waals surface area contributed by atoms with Gasteiger partial charge in [-0.1, -0.05) is 5.16 Å². The number of nitrogens with zero attached hydrogens (tertiary/aromatic N) is 4. The van der Waals surface area contributed by atoms with Crippen molar-refractivity contribution >= 4 is 0 Å². The minimum absolute atomic E-state index is 0.683. The lowest BCUT2D eigenvalue weighted by Gasteiger charge is -2.03. The van der Waals surface area contributed by atoms with Gasteiger partial charge < -0.3 is 14.4 Å². The van der Waals surface area contributed by atoms with Crippen LogP contribution in [0.25, 0.3) is 0 Å². The van der Waals surface area contributed by atoms with Crippen LogP contribution in [0.15, 0.2) is 17.0 Å². The Hall–Kier alpha value is -2.13. The van der Waals surface area contributed by atoms with Crippen LogP contribution >= 0.6 is 0 Å². The lowest BCUT2D eigenvalue weighted by molar-refractivity contribution is 0.409. The zero-order valence-electron chi connectivity index (χ0n) is 10.5. The van der Waals surface area contributed by atoms with Crippen molar-refractivity contribution in [2.75, 3.05) is 6.54 Å². The molecule has 0 aliphatic carbocycles. The Balaban J connectivity index is 1.85. The molecule has 18 heavy (non-hydrogen) atoms. The predicted octanol–water partition coefficient (Wildman–Crippen LogP) is 0.920. The van der Waals surface area contributed by atoms with Crippen LogP contribution in [0.1, 0.15) is 22.8 Å². The van der Waals surface area contributed by atoms with Crippen LogP contribution in [0.2, 0.25) is 0 Å². The van der Waals surface area contributed by atoms with Gasteiger partial charge in [-0.2, -0.15) is 10.2 Å². The molecule has 0 amide bonds. The van der Waals surface area contributed by atoms with E-state index in [0.717, 1.165) is 30.8 Å². The molecule has 1 N–H and O–H groups in total. The number of nitriles is 1. The van der Waals surface area contributed by atoms with E-state index in [1.807, 2.05) is 24.6 Å². The van der Waals surface area contributed by atoms with Gasteiger partial charge in [0, 0.05) is 32.3 Å². The molecule has 94 valence electrons. The minimum Gasteiger partial charge on any atom is -0.343 e. The van der Waals surface area contributed by atoms with Gasteiger partial charge in [0.25, 0.3) is 0 Å². The van der Waals surface area contributed by atoms with Crippen molar-refractivity contribution in [2.24, 2.45) is 7.05 Å². The second-order valence-corrected chi connectivity index (χ2v) is 4.09. The quantitative estimate of drug-likeness (QED) is 0.792. The average Bonchev–Trinajstić information content (AvgIpc) is 2.97. The third-order valence-electron chi connectivity index (χ3n) is 3.00. The van der Waals surface area contributed by atoms with Crippen LogP contribution in [0, 0.1) is 18.3 Å². The summed E-state index contributed by atoms with van der Waals surface area (Å²) in [6, 6.07) is 4.09. The van der Waals surface area contributed by atoms with Gasteiger partial charge >= 0.3 is 0 Å². The van der Waals surface area contributed by atoms with E-state index < -0.39 is 0 Å². The first-order valence-electron chi connectivity index (χ1n) is 5.73. The van der Waals surface area contributed by atoms with E-state index in [0.29, 0.717) is 11.5 Å². The number of hydrogen-bond acceptors (Lipinski definition) is 5. The van der Waals surface area contributed by atoms with Crippen LogP contribution in [0.5, 0.6) is 0 Å². The molecule has 2 heterocycles. The van der Waals surface area contributed by atoms with Crippen molar-refractivity contribution in [2.45, 2.75) is 19.9 Å². The van der Waals surface area contributed by atoms with Crippen LogP contribution < -0.4 is 5.32 Å². The summed E-state index contributed by atoms with van der Waals surface area (Å²) >= 11 is 0. The summed E-state index contributed by atoms with van der Waals surface area (Å²) in [5.41, 5.74) is 2.93.